The Kier molecular flexibility index (Phi) is 14.7. The number of aliphatic carboxylic acids is 2. The lowest BCUT2D eigenvalue weighted by Gasteiger charge is -2.03. The quantitative estimate of drug-likeness (QED) is 0.282. The average Bonchev–Trinajstić information content (AvgIpc) is 2.57. The summed E-state index contributed by atoms with van der Waals surface area (Å²) in [6.07, 6.45) is 13.9. The fourth-order valence-corrected chi connectivity index (χ4v) is 2.73. The number of carboxylic acids is 2. The second-order valence-corrected chi connectivity index (χ2v) is 6.55. The predicted octanol–water partition coefficient (Wildman–Crippen LogP) is 4.15. The number of rotatable bonds is 18. The molecule has 0 spiro atoms. The van der Waals surface area contributed by atoms with Crippen molar-refractivity contribution in [2.24, 2.45) is 0 Å². The molecule has 0 aliphatic heterocycles. The molecule has 0 aliphatic rings. The number of ketones is 2. The zero-order chi connectivity index (χ0) is 18.9. The first-order chi connectivity index (χ1) is 11.9. The minimum absolute atomic E-state index is 0.153. The largest absolute Gasteiger partial charge is 0.476 e. The molecule has 0 heterocycles. The Morgan fingerprint density at radius 1 is 0.400 bits per heavy atom. The fourth-order valence-electron chi connectivity index (χ4n) is 2.73. The summed E-state index contributed by atoms with van der Waals surface area (Å²) < 4.78 is 0. The van der Waals surface area contributed by atoms with Crippen molar-refractivity contribution in [3.63, 3.8) is 0 Å². The SMILES string of the molecule is O=C(O)C(=O)CCCCCCCCCCCCCCCC(=O)C(=O)O. The maximum absolute atomic E-state index is 10.9. The van der Waals surface area contributed by atoms with Crippen LogP contribution in [-0.4, -0.2) is 33.7 Å². The van der Waals surface area contributed by atoms with Crippen molar-refractivity contribution in [1.29, 1.82) is 0 Å². The number of hydrogen-bond acceptors (Lipinski definition) is 4. The van der Waals surface area contributed by atoms with Gasteiger partial charge in [0.25, 0.3) is 0 Å². The summed E-state index contributed by atoms with van der Waals surface area (Å²) in [6.45, 7) is 0. The topological polar surface area (TPSA) is 109 Å². The van der Waals surface area contributed by atoms with Gasteiger partial charge in [0.15, 0.2) is 0 Å². The summed E-state index contributed by atoms with van der Waals surface area (Å²) in [4.78, 5) is 42.4. The molecule has 0 fully saturated rings. The van der Waals surface area contributed by atoms with Crippen LogP contribution in [0, 0.1) is 0 Å². The first-order valence-corrected chi connectivity index (χ1v) is 9.47. The lowest BCUT2D eigenvalue weighted by molar-refractivity contribution is -0.149. The molecule has 144 valence electrons. The molecular formula is C19H32O6. The highest BCUT2D eigenvalue weighted by molar-refractivity contribution is 6.32. The van der Waals surface area contributed by atoms with Crippen LogP contribution in [0.25, 0.3) is 0 Å². The number of unbranched alkanes of at least 4 members (excludes halogenated alkanes) is 12. The first-order valence-electron chi connectivity index (χ1n) is 9.47. The van der Waals surface area contributed by atoms with Crippen molar-refractivity contribution in [1.82, 2.24) is 0 Å². The lowest BCUT2D eigenvalue weighted by atomic mass is 10.0. The smallest absolute Gasteiger partial charge is 0.372 e. The van der Waals surface area contributed by atoms with E-state index in [2.05, 4.69) is 0 Å². The summed E-state index contributed by atoms with van der Waals surface area (Å²) in [5.41, 5.74) is 0. The standard InChI is InChI=1S/C19H32O6/c20-16(18(22)23)14-12-10-8-6-4-2-1-3-5-7-9-11-13-15-17(21)19(24)25/h1-15H2,(H,22,23)(H,24,25). The predicted molar refractivity (Wildman–Crippen MR) is 94.5 cm³/mol. The van der Waals surface area contributed by atoms with E-state index in [9.17, 15) is 19.2 Å². The third kappa shape index (κ3) is 15.5. The van der Waals surface area contributed by atoms with Crippen molar-refractivity contribution in [3.05, 3.63) is 0 Å². The minimum atomic E-state index is -1.33. The van der Waals surface area contributed by atoms with Gasteiger partial charge in [-0.2, -0.15) is 0 Å². The third-order valence-electron chi connectivity index (χ3n) is 4.28. The van der Waals surface area contributed by atoms with E-state index in [1.54, 1.807) is 0 Å². The van der Waals surface area contributed by atoms with E-state index in [4.69, 9.17) is 10.2 Å². The number of hydrogen-bond donors (Lipinski definition) is 2. The maximum Gasteiger partial charge on any atom is 0.372 e. The molecule has 0 aromatic heterocycles. The van der Waals surface area contributed by atoms with Crippen LogP contribution in [0.3, 0.4) is 0 Å². The summed E-state index contributed by atoms with van der Waals surface area (Å²) in [7, 11) is 0. The third-order valence-corrected chi connectivity index (χ3v) is 4.28. The minimum Gasteiger partial charge on any atom is -0.476 e. The fraction of sp³-hybridized carbons (Fsp3) is 0.789. The molecule has 0 saturated carbocycles. The van der Waals surface area contributed by atoms with Gasteiger partial charge in [-0.25, -0.2) is 9.59 Å². The van der Waals surface area contributed by atoms with Gasteiger partial charge in [-0.05, 0) is 12.8 Å². The second kappa shape index (κ2) is 15.8. The van der Waals surface area contributed by atoms with Gasteiger partial charge < -0.3 is 10.2 Å². The van der Waals surface area contributed by atoms with Crippen LogP contribution in [0.15, 0.2) is 0 Å². The molecule has 0 aromatic rings. The normalized spacial score (nSPS) is 10.6. The van der Waals surface area contributed by atoms with Gasteiger partial charge in [0.2, 0.25) is 11.6 Å². The van der Waals surface area contributed by atoms with Gasteiger partial charge in [0.1, 0.15) is 0 Å². The molecule has 0 unspecified atom stereocenters. The van der Waals surface area contributed by atoms with Gasteiger partial charge in [-0.1, -0.05) is 70.6 Å². The molecule has 0 amide bonds. The van der Waals surface area contributed by atoms with Crippen LogP contribution in [-0.2, 0) is 19.2 Å². The van der Waals surface area contributed by atoms with E-state index in [1.807, 2.05) is 0 Å². The Hall–Kier alpha value is -1.72. The molecule has 0 radical (unpaired) electrons. The molecule has 0 saturated heterocycles. The molecule has 0 rings (SSSR count). The Morgan fingerprint density at radius 3 is 0.800 bits per heavy atom. The average molecular weight is 356 g/mol. The molecule has 6 heteroatoms. The highest BCUT2D eigenvalue weighted by Crippen LogP contribution is 2.13. The van der Waals surface area contributed by atoms with Crippen molar-refractivity contribution in [2.75, 3.05) is 0 Å². The van der Waals surface area contributed by atoms with Gasteiger partial charge in [0.05, 0.1) is 0 Å². The molecule has 0 aliphatic carbocycles. The molecular weight excluding hydrogens is 324 g/mol. The van der Waals surface area contributed by atoms with Crippen molar-refractivity contribution in [2.45, 2.75) is 96.3 Å². The van der Waals surface area contributed by atoms with E-state index >= 15 is 0 Å². The molecule has 0 bridgehead atoms. The van der Waals surface area contributed by atoms with Gasteiger partial charge in [0, 0.05) is 12.8 Å². The Morgan fingerprint density at radius 2 is 0.600 bits per heavy atom. The van der Waals surface area contributed by atoms with E-state index < -0.39 is 23.5 Å². The van der Waals surface area contributed by atoms with E-state index in [0.29, 0.717) is 12.8 Å². The van der Waals surface area contributed by atoms with Crippen LogP contribution < -0.4 is 0 Å². The number of Topliss-reactive ketones (excluding diaryl/α,β-unsaturated/α-hetero) is 2. The van der Waals surface area contributed by atoms with Crippen LogP contribution in [0.4, 0.5) is 0 Å². The summed E-state index contributed by atoms with van der Waals surface area (Å²) in [6, 6.07) is 0. The number of carbonyl (C=O) groups excluding carboxylic acids is 2. The van der Waals surface area contributed by atoms with E-state index in [1.165, 1.54) is 32.1 Å². The van der Waals surface area contributed by atoms with Crippen LogP contribution in [0.5, 0.6) is 0 Å². The maximum atomic E-state index is 10.9. The van der Waals surface area contributed by atoms with Crippen molar-refractivity contribution < 1.29 is 29.4 Å². The van der Waals surface area contributed by atoms with Crippen molar-refractivity contribution in [3.8, 4) is 0 Å². The molecule has 0 atom stereocenters. The molecule has 6 nitrogen and oxygen atoms in total. The zero-order valence-corrected chi connectivity index (χ0v) is 15.1. The van der Waals surface area contributed by atoms with Crippen LogP contribution in [0.2, 0.25) is 0 Å². The summed E-state index contributed by atoms with van der Waals surface area (Å²) in [5.74, 6) is -4.02. The summed E-state index contributed by atoms with van der Waals surface area (Å²) in [5, 5.41) is 16.9. The summed E-state index contributed by atoms with van der Waals surface area (Å²) >= 11 is 0. The molecule has 25 heavy (non-hydrogen) atoms. The van der Waals surface area contributed by atoms with Crippen LogP contribution >= 0.6 is 0 Å². The first kappa shape index (κ1) is 23.3. The second-order valence-electron chi connectivity index (χ2n) is 6.55. The Labute approximate surface area is 150 Å². The van der Waals surface area contributed by atoms with Crippen LogP contribution in [0.1, 0.15) is 96.3 Å². The van der Waals surface area contributed by atoms with E-state index in [-0.39, 0.29) is 12.8 Å². The number of carboxylic acid groups (broad SMARTS) is 2. The van der Waals surface area contributed by atoms with E-state index in [0.717, 1.165) is 38.5 Å². The van der Waals surface area contributed by atoms with Gasteiger partial charge in [-0.15, -0.1) is 0 Å². The monoisotopic (exact) mass is 356 g/mol. The van der Waals surface area contributed by atoms with Crippen molar-refractivity contribution >= 4 is 23.5 Å². The zero-order valence-electron chi connectivity index (χ0n) is 15.1. The lowest BCUT2D eigenvalue weighted by Crippen LogP contribution is -2.11. The number of carbonyl (C=O) groups is 4. The molecule has 0 aromatic carbocycles. The van der Waals surface area contributed by atoms with Gasteiger partial charge in [-0.3, -0.25) is 9.59 Å². The Bertz CT molecular complexity index is 378. The molecule has 2 N–H and O–H groups in total. The Balaban J connectivity index is 3.17. The van der Waals surface area contributed by atoms with Gasteiger partial charge >= 0.3 is 11.9 Å². The highest BCUT2D eigenvalue weighted by atomic mass is 16.4. The highest BCUT2D eigenvalue weighted by Gasteiger charge is 2.10.